The topological polar surface area (TPSA) is 60.7 Å². The zero-order valence-corrected chi connectivity index (χ0v) is 20.0. The highest BCUT2D eigenvalue weighted by Crippen LogP contribution is 2.66. The molecular weight excluding hydrogens is 372 g/mol. The summed E-state index contributed by atoms with van der Waals surface area (Å²) < 4.78 is 0. The first-order chi connectivity index (χ1) is 13.9. The number of fused-ring (bicyclic) bond motifs is 5. The van der Waals surface area contributed by atoms with Gasteiger partial charge in [-0.3, -0.25) is 0 Å². The van der Waals surface area contributed by atoms with Crippen LogP contribution in [0.1, 0.15) is 98.8 Å². The molecule has 3 fully saturated rings. The minimum Gasteiger partial charge on any atom is -0.393 e. The molecule has 0 heterocycles. The van der Waals surface area contributed by atoms with E-state index in [0.29, 0.717) is 23.7 Å². The number of hydrogen-bond acceptors (Lipinski definition) is 3. The standard InChI is InChI=1S/C27H46O3/c1-17(7-6-11-25(2,3)30)18-13-23-21-9-8-19-14-20(28)15-24(29)27(19,5)22(21)10-12-26(23,4)16-18/h8,17-18,20-24,28-30H,6-7,9-16H2,1-5H3/t17?,18-,20+,21+,22-,23-,24-,26+,27-/m0/s1. The Balaban J connectivity index is 1.48. The molecule has 3 saturated carbocycles. The molecule has 0 aliphatic heterocycles. The number of aliphatic hydroxyl groups is 3. The van der Waals surface area contributed by atoms with E-state index in [1.807, 2.05) is 13.8 Å². The Morgan fingerprint density at radius 2 is 1.90 bits per heavy atom. The van der Waals surface area contributed by atoms with Crippen LogP contribution in [-0.4, -0.2) is 33.1 Å². The second-order valence-electron chi connectivity index (χ2n) is 12.8. The molecule has 30 heavy (non-hydrogen) atoms. The molecular formula is C27H46O3. The fraction of sp³-hybridized carbons (Fsp3) is 0.926. The molecule has 0 aromatic heterocycles. The molecule has 4 rings (SSSR count). The second kappa shape index (κ2) is 7.89. The van der Waals surface area contributed by atoms with Crippen LogP contribution in [0.15, 0.2) is 11.6 Å². The van der Waals surface area contributed by atoms with Crippen molar-refractivity contribution in [2.75, 3.05) is 0 Å². The predicted molar refractivity (Wildman–Crippen MR) is 122 cm³/mol. The van der Waals surface area contributed by atoms with Crippen molar-refractivity contribution in [3.63, 3.8) is 0 Å². The van der Waals surface area contributed by atoms with Gasteiger partial charge >= 0.3 is 0 Å². The number of rotatable bonds is 5. The van der Waals surface area contributed by atoms with E-state index >= 15 is 0 Å². The van der Waals surface area contributed by atoms with Crippen LogP contribution in [0.3, 0.4) is 0 Å². The molecule has 0 saturated heterocycles. The average molecular weight is 419 g/mol. The monoisotopic (exact) mass is 418 g/mol. The lowest BCUT2D eigenvalue weighted by molar-refractivity contribution is -0.0992. The Labute approximate surface area is 184 Å². The van der Waals surface area contributed by atoms with E-state index in [1.54, 1.807) is 0 Å². The number of hydrogen-bond donors (Lipinski definition) is 3. The average Bonchev–Trinajstić information content (AvgIpc) is 3.00. The van der Waals surface area contributed by atoms with Gasteiger partial charge in [0.15, 0.2) is 0 Å². The van der Waals surface area contributed by atoms with E-state index in [-0.39, 0.29) is 11.5 Å². The molecule has 0 radical (unpaired) electrons. The van der Waals surface area contributed by atoms with Gasteiger partial charge in [0, 0.05) is 11.8 Å². The van der Waals surface area contributed by atoms with Gasteiger partial charge in [-0.05, 0) is 93.8 Å². The minimum atomic E-state index is -0.543. The molecule has 0 aromatic rings. The maximum absolute atomic E-state index is 11.1. The highest BCUT2D eigenvalue weighted by atomic mass is 16.3. The quantitative estimate of drug-likeness (QED) is 0.519. The zero-order valence-electron chi connectivity index (χ0n) is 20.0. The first kappa shape index (κ1) is 22.8. The Morgan fingerprint density at radius 3 is 2.60 bits per heavy atom. The molecule has 1 unspecified atom stereocenters. The van der Waals surface area contributed by atoms with Crippen LogP contribution >= 0.6 is 0 Å². The van der Waals surface area contributed by atoms with Crippen LogP contribution < -0.4 is 0 Å². The van der Waals surface area contributed by atoms with Crippen molar-refractivity contribution in [1.29, 1.82) is 0 Å². The van der Waals surface area contributed by atoms with Gasteiger partial charge in [-0.25, -0.2) is 0 Å². The maximum Gasteiger partial charge on any atom is 0.0658 e. The van der Waals surface area contributed by atoms with Crippen LogP contribution in [-0.2, 0) is 0 Å². The maximum atomic E-state index is 11.1. The number of aliphatic hydroxyl groups excluding tert-OH is 2. The van der Waals surface area contributed by atoms with Crippen LogP contribution in [0.2, 0.25) is 0 Å². The summed E-state index contributed by atoms with van der Waals surface area (Å²) >= 11 is 0. The van der Waals surface area contributed by atoms with Crippen LogP contribution in [0.25, 0.3) is 0 Å². The molecule has 9 atom stereocenters. The Morgan fingerprint density at radius 1 is 1.17 bits per heavy atom. The SMILES string of the molecule is CC(CCCC(C)(C)O)[C@H]1C[C@H]2[C@@H]3CC=C4C[C@@H](O)C[C@H](O)[C@]4(C)[C@H]3CC[C@]2(C)C1. The molecule has 3 heteroatoms. The molecule has 0 bridgehead atoms. The second-order valence-corrected chi connectivity index (χ2v) is 12.8. The lowest BCUT2D eigenvalue weighted by Crippen LogP contribution is -2.54. The summed E-state index contributed by atoms with van der Waals surface area (Å²) in [7, 11) is 0. The molecule has 4 aliphatic rings. The first-order valence-electron chi connectivity index (χ1n) is 12.7. The van der Waals surface area contributed by atoms with E-state index in [0.717, 1.165) is 43.4 Å². The molecule has 0 aromatic carbocycles. The van der Waals surface area contributed by atoms with Crippen LogP contribution in [0.5, 0.6) is 0 Å². The Hall–Kier alpha value is -0.380. The fourth-order valence-electron chi connectivity index (χ4n) is 8.34. The van der Waals surface area contributed by atoms with Crippen molar-refractivity contribution >= 4 is 0 Å². The van der Waals surface area contributed by atoms with Crippen molar-refractivity contribution in [1.82, 2.24) is 0 Å². The molecule has 4 aliphatic carbocycles. The predicted octanol–water partition coefficient (Wildman–Crippen LogP) is 5.47. The van der Waals surface area contributed by atoms with Gasteiger partial charge in [-0.2, -0.15) is 0 Å². The first-order valence-corrected chi connectivity index (χ1v) is 12.7. The highest BCUT2D eigenvalue weighted by molar-refractivity contribution is 5.27. The largest absolute Gasteiger partial charge is 0.393 e. The zero-order chi connectivity index (χ0) is 21.9. The van der Waals surface area contributed by atoms with Gasteiger partial charge in [-0.15, -0.1) is 0 Å². The van der Waals surface area contributed by atoms with Gasteiger partial charge in [0.05, 0.1) is 17.8 Å². The third-order valence-electron chi connectivity index (χ3n) is 10.2. The summed E-state index contributed by atoms with van der Waals surface area (Å²) in [6.45, 7) is 11.2. The smallest absolute Gasteiger partial charge is 0.0658 e. The molecule has 0 amide bonds. The van der Waals surface area contributed by atoms with Crippen molar-refractivity contribution in [3.05, 3.63) is 11.6 Å². The molecule has 3 N–H and O–H groups in total. The van der Waals surface area contributed by atoms with Gasteiger partial charge < -0.3 is 15.3 Å². The molecule has 172 valence electrons. The van der Waals surface area contributed by atoms with E-state index in [9.17, 15) is 15.3 Å². The van der Waals surface area contributed by atoms with Crippen molar-refractivity contribution < 1.29 is 15.3 Å². The highest BCUT2D eigenvalue weighted by Gasteiger charge is 2.59. The van der Waals surface area contributed by atoms with Crippen molar-refractivity contribution in [2.45, 2.75) is 117 Å². The van der Waals surface area contributed by atoms with E-state index < -0.39 is 11.7 Å². The number of allylic oxidation sites excluding steroid dienone is 1. The third kappa shape index (κ3) is 3.92. The molecule has 3 nitrogen and oxygen atoms in total. The minimum absolute atomic E-state index is 0.125. The summed E-state index contributed by atoms with van der Waals surface area (Å²) in [6.07, 6.45) is 12.6. The van der Waals surface area contributed by atoms with Gasteiger partial charge in [-0.1, -0.05) is 45.3 Å². The van der Waals surface area contributed by atoms with E-state index in [2.05, 4.69) is 26.8 Å². The lowest BCUT2D eigenvalue weighted by atomic mass is 9.47. The van der Waals surface area contributed by atoms with Crippen LogP contribution in [0, 0.1) is 40.4 Å². The summed E-state index contributed by atoms with van der Waals surface area (Å²) in [5.74, 6) is 3.57. The van der Waals surface area contributed by atoms with Gasteiger partial charge in [0.25, 0.3) is 0 Å². The molecule has 0 spiro atoms. The third-order valence-corrected chi connectivity index (χ3v) is 10.2. The van der Waals surface area contributed by atoms with Gasteiger partial charge in [0.1, 0.15) is 0 Å². The fourth-order valence-corrected chi connectivity index (χ4v) is 8.34. The Bertz CT molecular complexity index is 664. The van der Waals surface area contributed by atoms with Crippen molar-refractivity contribution in [3.8, 4) is 0 Å². The summed E-state index contributed by atoms with van der Waals surface area (Å²) in [6, 6.07) is 0. The van der Waals surface area contributed by atoms with E-state index in [1.165, 1.54) is 37.7 Å². The van der Waals surface area contributed by atoms with Gasteiger partial charge in [0.2, 0.25) is 0 Å². The normalized spacial score (nSPS) is 47.1. The summed E-state index contributed by atoms with van der Waals surface area (Å²) in [5, 5.41) is 31.3. The van der Waals surface area contributed by atoms with E-state index in [4.69, 9.17) is 0 Å². The summed E-state index contributed by atoms with van der Waals surface area (Å²) in [4.78, 5) is 0. The Kier molecular flexibility index (Phi) is 5.99. The van der Waals surface area contributed by atoms with Crippen LogP contribution in [0.4, 0.5) is 0 Å². The summed E-state index contributed by atoms with van der Waals surface area (Å²) in [5.41, 5.74) is 1.13. The lowest BCUT2D eigenvalue weighted by Gasteiger charge is -2.58. The van der Waals surface area contributed by atoms with Crippen molar-refractivity contribution in [2.24, 2.45) is 40.4 Å².